The molecule has 0 spiro atoms. The molecule has 0 amide bonds. The minimum atomic E-state index is -0.941. The molecule has 0 heterocycles. The zero-order chi connectivity index (χ0) is 12.8. The molecule has 0 fully saturated rings. The summed E-state index contributed by atoms with van der Waals surface area (Å²) in [6.45, 7) is 4.05. The van der Waals surface area contributed by atoms with Gasteiger partial charge in [-0.25, -0.2) is 0 Å². The third-order valence-corrected chi connectivity index (χ3v) is 2.92. The molecule has 92 valence electrons. The van der Waals surface area contributed by atoms with Gasteiger partial charge in [0.2, 0.25) is 0 Å². The first-order chi connectivity index (χ1) is 8.07. The maximum Gasteiger partial charge on any atom is 0.105 e. The lowest BCUT2D eigenvalue weighted by Gasteiger charge is -2.20. The number of aryl methyl sites for hydroxylation is 1. The first-order valence-corrected chi connectivity index (χ1v) is 5.51. The SMILES string of the molecule is Cc1cccc(C(O)C(O)CCN=[N+]=[N-])c1C. The second-order valence-corrected chi connectivity index (χ2v) is 4.04. The first kappa shape index (κ1) is 13.5. The van der Waals surface area contributed by atoms with Crippen molar-refractivity contribution in [1.29, 1.82) is 0 Å². The average molecular weight is 235 g/mol. The van der Waals surface area contributed by atoms with Crippen molar-refractivity contribution in [2.75, 3.05) is 6.54 Å². The summed E-state index contributed by atoms with van der Waals surface area (Å²) in [4.78, 5) is 2.60. The molecule has 2 atom stereocenters. The Morgan fingerprint density at radius 2 is 2.06 bits per heavy atom. The summed E-state index contributed by atoms with van der Waals surface area (Å²) in [5.41, 5.74) is 10.9. The van der Waals surface area contributed by atoms with Crippen molar-refractivity contribution in [3.63, 3.8) is 0 Å². The minimum absolute atomic E-state index is 0.180. The van der Waals surface area contributed by atoms with E-state index in [2.05, 4.69) is 10.0 Å². The molecular weight excluding hydrogens is 218 g/mol. The number of aliphatic hydroxyl groups is 2. The maximum atomic E-state index is 10.0. The van der Waals surface area contributed by atoms with Gasteiger partial charge in [-0.3, -0.25) is 0 Å². The highest BCUT2D eigenvalue weighted by Crippen LogP contribution is 2.24. The standard InChI is InChI=1S/C12H17N3O2/c1-8-4-3-5-10(9(8)2)12(17)11(16)6-7-14-15-13/h3-5,11-12,16-17H,6-7H2,1-2H3. The Bertz CT molecular complexity index is 428. The number of benzene rings is 1. The summed E-state index contributed by atoms with van der Waals surface area (Å²) < 4.78 is 0. The van der Waals surface area contributed by atoms with Crippen LogP contribution in [-0.4, -0.2) is 22.9 Å². The van der Waals surface area contributed by atoms with Crippen molar-refractivity contribution in [2.24, 2.45) is 5.11 Å². The summed E-state index contributed by atoms with van der Waals surface area (Å²) in [5, 5.41) is 23.1. The minimum Gasteiger partial charge on any atom is -0.390 e. The Kier molecular flexibility index (Phi) is 4.97. The monoisotopic (exact) mass is 235 g/mol. The van der Waals surface area contributed by atoms with E-state index in [-0.39, 0.29) is 13.0 Å². The Morgan fingerprint density at radius 3 is 2.71 bits per heavy atom. The van der Waals surface area contributed by atoms with Gasteiger partial charge in [0.25, 0.3) is 0 Å². The highest BCUT2D eigenvalue weighted by atomic mass is 16.3. The van der Waals surface area contributed by atoms with Crippen LogP contribution in [0, 0.1) is 13.8 Å². The fourth-order valence-corrected chi connectivity index (χ4v) is 1.69. The average Bonchev–Trinajstić information content (AvgIpc) is 2.32. The first-order valence-electron chi connectivity index (χ1n) is 5.51. The normalized spacial score (nSPS) is 13.9. The molecule has 2 unspecified atom stereocenters. The zero-order valence-corrected chi connectivity index (χ0v) is 10.0. The number of rotatable bonds is 5. The molecule has 1 aromatic carbocycles. The number of hydrogen-bond donors (Lipinski definition) is 2. The molecule has 1 rings (SSSR count). The molecule has 0 saturated heterocycles. The smallest absolute Gasteiger partial charge is 0.105 e. The fourth-order valence-electron chi connectivity index (χ4n) is 1.69. The summed E-state index contributed by atoms with van der Waals surface area (Å²) in [6.07, 6.45) is -1.61. The highest BCUT2D eigenvalue weighted by molar-refractivity contribution is 5.35. The van der Waals surface area contributed by atoms with E-state index < -0.39 is 12.2 Å². The van der Waals surface area contributed by atoms with E-state index in [1.54, 1.807) is 6.07 Å². The predicted molar refractivity (Wildman–Crippen MR) is 65.5 cm³/mol. The van der Waals surface area contributed by atoms with Gasteiger partial charge < -0.3 is 10.2 Å². The number of azide groups is 1. The third-order valence-electron chi connectivity index (χ3n) is 2.92. The van der Waals surface area contributed by atoms with Gasteiger partial charge in [0.1, 0.15) is 6.10 Å². The van der Waals surface area contributed by atoms with Crippen molar-refractivity contribution in [3.8, 4) is 0 Å². The van der Waals surface area contributed by atoms with E-state index in [4.69, 9.17) is 5.53 Å². The van der Waals surface area contributed by atoms with Crippen molar-refractivity contribution in [3.05, 3.63) is 45.3 Å². The van der Waals surface area contributed by atoms with Crippen LogP contribution in [0.2, 0.25) is 0 Å². The highest BCUT2D eigenvalue weighted by Gasteiger charge is 2.19. The van der Waals surface area contributed by atoms with E-state index in [1.807, 2.05) is 26.0 Å². The fraction of sp³-hybridized carbons (Fsp3) is 0.500. The van der Waals surface area contributed by atoms with Gasteiger partial charge in [-0.15, -0.1) is 0 Å². The van der Waals surface area contributed by atoms with Crippen molar-refractivity contribution < 1.29 is 10.2 Å². The largest absolute Gasteiger partial charge is 0.390 e. The van der Waals surface area contributed by atoms with Crippen molar-refractivity contribution in [1.82, 2.24) is 0 Å². The number of nitrogens with zero attached hydrogens (tertiary/aromatic N) is 3. The molecule has 0 aromatic heterocycles. The summed E-state index contributed by atoms with van der Waals surface area (Å²) in [6, 6.07) is 5.60. The van der Waals surface area contributed by atoms with Gasteiger partial charge in [-0.1, -0.05) is 23.3 Å². The molecule has 0 bridgehead atoms. The quantitative estimate of drug-likeness (QED) is 0.466. The third kappa shape index (κ3) is 3.46. The Hall–Kier alpha value is -1.55. The summed E-state index contributed by atoms with van der Waals surface area (Å²) >= 11 is 0. The number of aliphatic hydroxyl groups excluding tert-OH is 2. The molecule has 0 radical (unpaired) electrons. The van der Waals surface area contributed by atoms with E-state index in [0.717, 1.165) is 16.7 Å². The molecule has 0 aliphatic carbocycles. The van der Waals surface area contributed by atoms with Gasteiger partial charge in [-0.2, -0.15) is 0 Å². The van der Waals surface area contributed by atoms with Crippen LogP contribution in [0.15, 0.2) is 23.3 Å². The Balaban J connectivity index is 2.77. The second-order valence-electron chi connectivity index (χ2n) is 4.04. The molecule has 2 N–H and O–H groups in total. The second kappa shape index (κ2) is 6.25. The van der Waals surface area contributed by atoms with E-state index in [1.165, 1.54) is 0 Å². The van der Waals surface area contributed by atoms with Gasteiger partial charge >= 0.3 is 0 Å². The molecule has 0 saturated carbocycles. The van der Waals surface area contributed by atoms with Gasteiger partial charge in [0, 0.05) is 11.5 Å². The van der Waals surface area contributed by atoms with E-state index >= 15 is 0 Å². The lowest BCUT2D eigenvalue weighted by atomic mass is 9.95. The summed E-state index contributed by atoms with van der Waals surface area (Å²) in [7, 11) is 0. The lowest BCUT2D eigenvalue weighted by molar-refractivity contribution is 0.0146. The van der Waals surface area contributed by atoms with E-state index in [9.17, 15) is 10.2 Å². The number of hydrogen-bond acceptors (Lipinski definition) is 3. The van der Waals surface area contributed by atoms with Crippen LogP contribution >= 0.6 is 0 Å². The van der Waals surface area contributed by atoms with Gasteiger partial charge in [-0.05, 0) is 42.5 Å². The predicted octanol–water partition coefficient (Wildman–Crippen LogP) is 2.40. The van der Waals surface area contributed by atoms with Crippen LogP contribution < -0.4 is 0 Å². The molecular formula is C12H17N3O2. The van der Waals surface area contributed by atoms with Crippen LogP contribution in [0.5, 0.6) is 0 Å². The maximum absolute atomic E-state index is 10.0. The van der Waals surface area contributed by atoms with E-state index in [0.29, 0.717) is 0 Å². The van der Waals surface area contributed by atoms with Crippen LogP contribution in [0.3, 0.4) is 0 Å². The van der Waals surface area contributed by atoms with Gasteiger partial charge in [0.15, 0.2) is 0 Å². The van der Waals surface area contributed by atoms with Crippen LogP contribution in [0.4, 0.5) is 0 Å². The molecule has 5 heteroatoms. The zero-order valence-electron chi connectivity index (χ0n) is 10.0. The Morgan fingerprint density at radius 1 is 1.35 bits per heavy atom. The van der Waals surface area contributed by atoms with Crippen molar-refractivity contribution in [2.45, 2.75) is 32.5 Å². The molecule has 0 aliphatic rings. The summed E-state index contributed by atoms with van der Waals surface area (Å²) in [5.74, 6) is 0. The van der Waals surface area contributed by atoms with Crippen LogP contribution in [0.1, 0.15) is 29.2 Å². The lowest BCUT2D eigenvalue weighted by Crippen LogP contribution is -2.20. The molecule has 0 aliphatic heterocycles. The Labute approximate surface area is 100 Å². The van der Waals surface area contributed by atoms with Crippen LogP contribution in [0.25, 0.3) is 10.4 Å². The molecule has 5 nitrogen and oxygen atoms in total. The van der Waals surface area contributed by atoms with Gasteiger partial charge in [0.05, 0.1) is 6.10 Å². The molecule has 1 aromatic rings. The molecule has 17 heavy (non-hydrogen) atoms. The van der Waals surface area contributed by atoms with Crippen molar-refractivity contribution >= 4 is 0 Å². The topological polar surface area (TPSA) is 89.2 Å². The van der Waals surface area contributed by atoms with Crippen LogP contribution in [-0.2, 0) is 0 Å².